The molecule has 0 heterocycles. The number of rotatable bonds is 5. The van der Waals surface area contributed by atoms with Gasteiger partial charge in [0, 0.05) is 11.4 Å². The topological polar surface area (TPSA) is 64.3 Å². The van der Waals surface area contributed by atoms with Gasteiger partial charge in [0.1, 0.15) is 5.75 Å². The van der Waals surface area contributed by atoms with E-state index in [4.69, 9.17) is 10.5 Å². The highest BCUT2D eigenvalue weighted by atomic mass is 16.5. The molecule has 1 atom stereocenters. The van der Waals surface area contributed by atoms with Crippen LogP contribution in [0.4, 0.5) is 11.4 Å². The maximum absolute atomic E-state index is 12.4. The van der Waals surface area contributed by atoms with Crippen molar-refractivity contribution in [3.05, 3.63) is 53.6 Å². The summed E-state index contributed by atoms with van der Waals surface area (Å²) < 4.78 is 5.81. The number of hydrogen-bond donors (Lipinski definition) is 2. The number of anilines is 2. The molecule has 22 heavy (non-hydrogen) atoms. The van der Waals surface area contributed by atoms with E-state index in [1.54, 1.807) is 6.07 Å². The van der Waals surface area contributed by atoms with Gasteiger partial charge in [0.2, 0.25) is 0 Å². The molecule has 0 aliphatic carbocycles. The molecule has 0 bridgehead atoms. The summed E-state index contributed by atoms with van der Waals surface area (Å²) in [6, 6.07) is 13.1. The number of aryl methyl sites for hydroxylation is 2. The molecule has 0 fully saturated rings. The van der Waals surface area contributed by atoms with Gasteiger partial charge < -0.3 is 15.8 Å². The van der Waals surface area contributed by atoms with Crippen LogP contribution in [0.1, 0.15) is 24.5 Å². The van der Waals surface area contributed by atoms with E-state index < -0.39 is 6.10 Å². The number of benzene rings is 2. The average molecular weight is 298 g/mol. The second-order valence-corrected chi connectivity index (χ2v) is 5.39. The van der Waals surface area contributed by atoms with Crippen molar-refractivity contribution >= 4 is 17.3 Å². The first-order valence-corrected chi connectivity index (χ1v) is 7.40. The quantitative estimate of drug-likeness (QED) is 0.828. The van der Waals surface area contributed by atoms with Gasteiger partial charge in [-0.05, 0) is 55.7 Å². The van der Waals surface area contributed by atoms with Crippen molar-refractivity contribution in [3.8, 4) is 5.75 Å². The molecule has 4 heteroatoms. The Morgan fingerprint density at radius 3 is 2.68 bits per heavy atom. The van der Waals surface area contributed by atoms with E-state index in [2.05, 4.69) is 5.32 Å². The minimum Gasteiger partial charge on any atom is -0.481 e. The van der Waals surface area contributed by atoms with Crippen LogP contribution in [-0.2, 0) is 4.79 Å². The molecule has 0 radical (unpaired) electrons. The smallest absolute Gasteiger partial charge is 0.265 e. The number of hydrogen-bond acceptors (Lipinski definition) is 3. The summed E-state index contributed by atoms with van der Waals surface area (Å²) in [5, 5.41) is 2.89. The largest absolute Gasteiger partial charge is 0.481 e. The predicted molar refractivity (Wildman–Crippen MR) is 90.1 cm³/mol. The van der Waals surface area contributed by atoms with Crippen molar-refractivity contribution in [3.63, 3.8) is 0 Å². The Morgan fingerprint density at radius 1 is 1.23 bits per heavy atom. The molecule has 0 aliphatic rings. The summed E-state index contributed by atoms with van der Waals surface area (Å²) >= 11 is 0. The molecule has 0 aliphatic heterocycles. The van der Waals surface area contributed by atoms with E-state index in [0.717, 1.165) is 16.8 Å². The summed E-state index contributed by atoms with van der Waals surface area (Å²) in [7, 11) is 0. The van der Waals surface area contributed by atoms with Crippen molar-refractivity contribution in [2.45, 2.75) is 33.3 Å². The average Bonchev–Trinajstić information content (AvgIpc) is 2.48. The third kappa shape index (κ3) is 4.01. The summed E-state index contributed by atoms with van der Waals surface area (Å²) in [6.07, 6.45) is 0.0452. The van der Waals surface area contributed by atoms with Gasteiger partial charge in [-0.25, -0.2) is 0 Å². The molecular formula is C18H22N2O2. The van der Waals surface area contributed by atoms with Crippen LogP contribution < -0.4 is 15.8 Å². The number of carbonyl (C=O) groups is 1. The number of carbonyl (C=O) groups excluding carboxylic acids is 1. The standard InChI is InChI=1S/C18H22N2O2/c1-4-17(22-15-7-5-6-12(2)10-15)18(21)20-16-11-14(19)9-8-13(16)3/h5-11,17H,4,19H2,1-3H3,(H,20,21)/t17-/m1/s1. The predicted octanol–water partition coefficient (Wildman–Crippen LogP) is 3.68. The highest BCUT2D eigenvalue weighted by molar-refractivity contribution is 5.95. The van der Waals surface area contributed by atoms with Gasteiger partial charge in [-0.3, -0.25) is 4.79 Å². The third-order valence-electron chi connectivity index (χ3n) is 3.45. The fourth-order valence-electron chi connectivity index (χ4n) is 2.16. The highest BCUT2D eigenvalue weighted by Crippen LogP contribution is 2.20. The summed E-state index contributed by atoms with van der Waals surface area (Å²) in [5.74, 6) is 0.531. The van der Waals surface area contributed by atoms with Gasteiger partial charge in [-0.1, -0.05) is 25.1 Å². The lowest BCUT2D eigenvalue weighted by molar-refractivity contribution is -0.122. The van der Waals surface area contributed by atoms with Crippen LogP contribution >= 0.6 is 0 Å². The third-order valence-corrected chi connectivity index (χ3v) is 3.45. The first kappa shape index (κ1) is 15.9. The first-order chi connectivity index (χ1) is 10.5. The molecule has 1 amide bonds. The molecule has 2 aromatic rings. The second kappa shape index (κ2) is 6.98. The Morgan fingerprint density at radius 2 is 2.00 bits per heavy atom. The van der Waals surface area contributed by atoms with Crippen LogP contribution in [-0.4, -0.2) is 12.0 Å². The van der Waals surface area contributed by atoms with Gasteiger partial charge >= 0.3 is 0 Å². The van der Waals surface area contributed by atoms with Crippen molar-refractivity contribution in [2.24, 2.45) is 0 Å². The Balaban J connectivity index is 2.10. The summed E-state index contributed by atoms with van der Waals surface area (Å²) in [6.45, 7) is 5.84. The summed E-state index contributed by atoms with van der Waals surface area (Å²) in [5.41, 5.74) is 9.17. The van der Waals surface area contributed by atoms with Crippen LogP contribution in [0.15, 0.2) is 42.5 Å². The number of ether oxygens (including phenoxy) is 1. The van der Waals surface area contributed by atoms with Crippen molar-refractivity contribution in [1.29, 1.82) is 0 Å². The van der Waals surface area contributed by atoms with Crippen LogP contribution in [0.3, 0.4) is 0 Å². The normalized spacial score (nSPS) is 11.8. The zero-order chi connectivity index (χ0) is 16.1. The number of nitrogen functional groups attached to an aromatic ring is 1. The van der Waals surface area contributed by atoms with Crippen LogP contribution in [0.5, 0.6) is 5.75 Å². The molecule has 0 unspecified atom stereocenters. The monoisotopic (exact) mass is 298 g/mol. The fourth-order valence-corrected chi connectivity index (χ4v) is 2.16. The zero-order valence-corrected chi connectivity index (χ0v) is 13.2. The number of amides is 1. The maximum Gasteiger partial charge on any atom is 0.265 e. The molecule has 0 saturated carbocycles. The molecular weight excluding hydrogens is 276 g/mol. The lowest BCUT2D eigenvalue weighted by Crippen LogP contribution is -2.32. The Hall–Kier alpha value is -2.49. The molecule has 0 spiro atoms. The van der Waals surface area contributed by atoms with E-state index in [0.29, 0.717) is 17.9 Å². The minimum atomic E-state index is -0.539. The van der Waals surface area contributed by atoms with E-state index in [-0.39, 0.29) is 5.91 Å². The first-order valence-electron chi connectivity index (χ1n) is 7.40. The van der Waals surface area contributed by atoms with E-state index in [9.17, 15) is 4.79 Å². The van der Waals surface area contributed by atoms with E-state index in [1.165, 1.54) is 0 Å². The SMILES string of the molecule is CC[C@@H](Oc1cccc(C)c1)C(=O)Nc1cc(N)ccc1C. The van der Waals surface area contributed by atoms with E-state index in [1.807, 2.05) is 57.2 Å². The van der Waals surface area contributed by atoms with Crippen molar-refractivity contribution in [1.82, 2.24) is 0 Å². The van der Waals surface area contributed by atoms with Crippen LogP contribution in [0, 0.1) is 13.8 Å². The van der Waals surface area contributed by atoms with Gasteiger partial charge in [-0.2, -0.15) is 0 Å². The molecule has 116 valence electrons. The molecule has 0 saturated heterocycles. The Kier molecular flexibility index (Phi) is 5.04. The fraction of sp³-hybridized carbons (Fsp3) is 0.278. The highest BCUT2D eigenvalue weighted by Gasteiger charge is 2.19. The summed E-state index contributed by atoms with van der Waals surface area (Å²) in [4.78, 5) is 12.4. The van der Waals surface area contributed by atoms with E-state index >= 15 is 0 Å². The molecule has 0 aromatic heterocycles. The van der Waals surface area contributed by atoms with Gasteiger partial charge in [0.15, 0.2) is 6.10 Å². The number of nitrogens with two attached hydrogens (primary N) is 1. The molecule has 3 N–H and O–H groups in total. The Bertz CT molecular complexity index is 668. The van der Waals surface area contributed by atoms with Crippen LogP contribution in [0.25, 0.3) is 0 Å². The molecule has 4 nitrogen and oxygen atoms in total. The van der Waals surface area contributed by atoms with Crippen molar-refractivity contribution in [2.75, 3.05) is 11.1 Å². The van der Waals surface area contributed by atoms with Gasteiger partial charge in [0.05, 0.1) is 0 Å². The second-order valence-electron chi connectivity index (χ2n) is 5.39. The molecule has 2 rings (SSSR count). The van der Waals surface area contributed by atoms with Gasteiger partial charge in [0.25, 0.3) is 5.91 Å². The van der Waals surface area contributed by atoms with Gasteiger partial charge in [-0.15, -0.1) is 0 Å². The lowest BCUT2D eigenvalue weighted by atomic mass is 10.1. The Labute approximate surface area is 131 Å². The van der Waals surface area contributed by atoms with Crippen LogP contribution in [0.2, 0.25) is 0 Å². The maximum atomic E-state index is 12.4. The zero-order valence-electron chi connectivity index (χ0n) is 13.2. The van der Waals surface area contributed by atoms with Crippen molar-refractivity contribution < 1.29 is 9.53 Å². The molecule has 2 aromatic carbocycles. The number of nitrogens with one attached hydrogen (secondary N) is 1. The minimum absolute atomic E-state index is 0.169. The lowest BCUT2D eigenvalue weighted by Gasteiger charge is -2.18.